The van der Waals surface area contributed by atoms with Crippen LogP contribution >= 0.6 is 0 Å². The Morgan fingerprint density at radius 2 is 1.88 bits per heavy atom. The molecule has 2 N–H and O–H groups in total. The number of aliphatic carboxylic acids is 1. The number of hydrogen-bond acceptors (Lipinski definition) is 5. The molecule has 1 amide bonds. The molecule has 0 aliphatic carbocycles. The first-order valence-electron chi connectivity index (χ1n) is 8.66. The number of carboxylic acids is 1. The normalized spacial score (nSPS) is 30.7. The largest absolute Gasteiger partial charge is 0.480 e. The standard InChI is InChI=1S/C17H30N2O5/c1-16(2,3)24-15(22)19-13(10-23-17(19,4)5)11-8-6-7-9-12(18-11)14(20)21/h11-13,18H,6-10H2,1-5H3,(H,20,21)/t11-,12+,13+/m1/s1. The van der Waals surface area contributed by atoms with Crippen molar-refractivity contribution in [3.05, 3.63) is 0 Å². The summed E-state index contributed by atoms with van der Waals surface area (Å²) >= 11 is 0. The number of carbonyl (C=O) groups excluding carboxylic acids is 1. The van der Waals surface area contributed by atoms with Crippen molar-refractivity contribution in [2.24, 2.45) is 0 Å². The fraction of sp³-hybridized carbons (Fsp3) is 0.882. The molecule has 2 fully saturated rings. The lowest BCUT2D eigenvalue weighted by molar-refractivity contribution is -0.139. The Morgan fingerprint density at radius 1 is 1.25 bits per heavy atom. The Hall–Kier alpha value is -1.34. The van der Waals surface area contributed by atoms with Gasteiger partial charge in [-0.15, -0.1) is 0 Å². The van der Waals surface area contributed by atoms with E-state index in [9.17, 15) is 14.7 Å². The Balaban J connectivity index is 2.20. The van der Waals surface area contributed by atoms with Crippen LogP contribution in [0.3, 0.4) is 0 Å². The predicted molar refractivity (Wildman–Crippen MR) is 88.7 cm³/mol. The molecule has 0 aromatic heterocycles. The second-order valence-electron chi connectivity index (χ2n) is 8.12. The third-order valence-corrected chi connectivity index (χ3v) is 4.55. The summed E-state index contributed by atoms with van der Waals surface area (Å²) in [5.74, 6) is -0.844. The molecule has 7 nitrogen and oxygen atoms in total. The number of hydrogen-bond donors (Lipinski definition) is 2. The minimum Gasteiger partial charge on any atom is -0.480 e. The van der Waals surface area contributed by atoms with E-state index in [2.05, 4.69) is 5.32 Å². The predicted octanol–water partition coefficient (Wildman–Crippen LogP) is 2.34. The molecular formula is C17H30N2O5. The van der Waals surface area contributed by atoms with Crippen LogP contribution in [0.2, 0.25) is 0 Å². The SMILES string of the molecule is CC(C)(C)OC(=O)N1[C@H]([C@H]2CCCC[C@@H](C(=O)O)N2)COC1(C)C. The van der Waals surface area contributed by atoms with Gasteiger partial charge in [0.05, 0.1) is 12.6 Å². The third kappa shape index (κ3) is 4.39. The fourth-order valence-corrected chi connectivity index (χ4v) is 3.43. The molecule has 24 heavy (non-hydrogen) atoms. The molecular weight excluding hydrogens is 312 g/mol. The van der Waals surface area contributed by atoms with Gasteiger partial charge in [0.1, 0.15) is 17.4 Å². The van der Waals surface area contributed by atoms with Gasteiger partial charge in [0.25, 0.3) is 0 Å². The molecule has 0 unspecified atom stereocenters. The summed E-state index contributed by atoms with van der Waals surface area (Å²) in [6.07, 6.45) is 2.79. The minimum atomic E-state index is -0.844. The molecule has 0 bridgehead atoms. The van der Waals surface area contributed by atoms with Crippen LogP contribution in [-0.2, 0) is 14.3 Å². The molecule has 138 valence electrons. The van der Waals surface area contributed by atoms with E-state index in [4.69, 9.17) is 9.47 Å². The lowest BCUT2D eigenvalue weighted by Crippen LogP contribution is -2.58. The van der Waals surface area contributed by atoms with Gasteiger partial charge in [-0.05, 0) is 47.5 Å². The van der Waals surface area contributed by atoms with Gasteiger partial charge in [-0.25, -0.2) is 4.79 Å². The molecule has 0 aromatic carbocycles. The van der Waals surface area contributed by atoms with Crippen LogP contribution in [0.25, 0.3) is 0 Å². The summed E-state index contributed by atoms with van der Waals surface area (Å²) in [7, 11) is 0. The Bertz CT molecular complexity index is 486. The lowest BCUT2D eigenvalue weighted by atomic mass is 10.0. The first-order chi connectivity index (χ1) is 11.0. The Morgan fingerprint density at radius 3 is 2.46 bits per heavy atom. The molecule has 2 aliphatic rings. The molecule has 0 radical (unpaired) electrons. The number of nitrogens with zero attached hydrogens (tertiary/aromatic N) is 1. The van der Waals surface area contributed by atoms with Gasteiger partial charge >= 0.3 is 12.1 Å². The monoisotopic (exact) mass is 342 g/mol. The highest BCUT2D eigenvalue weighted by atomic mass is 16.6. The number of nitrogens with one attached hydrogen (secondary N) is 1. The van der Waals surface area contributed by atoms with E-state index in [1.54, 1.807) is 4.90 Å². The van der Waals surface area contributed by atoms with E-state index in [1.165, 1.54) is 0 Å². The second-order valence-corrected chi connectivity index (χ2v) is 8.12. The average molecular weight is 342 g/mol. The number of carboxylic acid groups (broad SMARTS) is 1. The summed E-state index contributed by atoms with van der Waals surface area (Å²) in [5, 5.41) is 12.6. The summed E-state index contributed by atoms with van der Waals surface area (Å²) in [5.41, 5.74) is -1.37. The van der Waals surface area contributed by atoms with E-state index in [0.717, 1.165) is 19.3 Å². The van der Waals surface area contributed by atoms with Crippen LogP contribution in [0.5, 0.6) is 0 Å². The quantitative estimate of drug-likeness (QED) is 0.801. The maximum atomic E-state index is 12.7. The van der Waals surface area contributed by atoms with Crippen molar-refractivity contribution in [1.82, 2.24) is 10.2 Å². The number of rotatable bonds is 2. The van der Waals surface area contributed by atoms with Crippen molar-refractivity contribution < 1.29 is 24.2 Å². The molecule has 2 aliphatic heterocycles. The fourth-order valence-electron chi connectivity index (χ4n) is 3.43. The first kappa shape index (κ1) is 19.0. The van der Waals surface area contributed by atoms with Crippen LogP contribution in [0, 0.1) is 0 Å². The molecule has 0 saturated carbocycles. The van der Waals surface area contributed by atoms with E-state index < -0.39 is 29.4 Å². The maximum absolute atomic E-state index is 12.7. The highest BCUT2D eigenvalue weighted by Gasteiger charge is 2.49. The highest BCUT2D eigenvalue weighted by Crippen LogP contribution is 2.33. The van der Waals surface area contributed by atoms with Gasteiger partial charge < -0.3 is 14.6 Å². The molecule has 2 saturated heterocycles. The van der Waals surface area contributed by atoms with Crippen molar-refractivity contribution in [2.45, 2.75) is 89.8 Å². The van der Waals surface area contributed by atoms with Crippen LogP contribution < -0.4 is 5.32 Å². The minimum absolute atomic E-state index is 0.122. The second kappa shape index (κ2) is 6.88. The van der Waals surface area contributed by atoms with Gasteiger partial charge in [-0.1, -0.05) is 12.8 Å². The van der Waals surface area contributed by atoms with Crippen molar-refractivity contribution >= 4 is 12.1 Å². The van der Waals surface area contributed by atoms with Crippen LogP contribution in [0.15, 0.2) is 0 Å². The van der Waals surface area contributed by atoms with Crippen LogP contribution in [-0.4, -0.2) is 58.1 Å². The van der Waals surface area contributed by atoms with Gasteiger partial charge in [0, 0.05) is 6.04 Å². The molecule has 2 rings (SSSR count). The molecule has 0 spiro atoms. The Labute approximate surface area is 143 Å². The van der Waals surface area contributed by atoms with Crippen LogP contribution in [0.1, 0.15) is 60.3 Å². The lowest BCUT2D eigenvalue weighted by Gasteiger charge is -2.38. The van der Waals surface area contributed by atoms with Crippen molar-refractivity contribution in [1.29, 1.82) is 0 Å². The number of ether oxygens (including phenoxy) is 2. The summed E-state index contributed by atoms with van der Waals surface area (Å²) in [6.45, 7) is 9.53. The van der Waals surface area contributed by atoms with Gasteiger partial charge in [0.15, 0.2) is 0 Å². The Kier molecular flexibility index (Phi) is 5.44. The summed E-state index contributed by atoms with van der Waals surface area (Å²) in [6, 6.07) is -0.945. The highest BCUT2D eigenvalue weighted by molar-refractivity contribution is 5.73. The van der Waals surface area contributed by atoms with E-state index in [-0.39, 0.29) is 12.1 Å². The zero-order valence-electron chi connectivity index (χ0n) is 15.3. The zero-order chi connectivity index (χ0) is 18.1. The first-order valence-corrected chi connectivity index (χ1v) is 8.66. The van der Waals surface area contributed by atoms with Gasteiger partial charge in [0.2, 0.25) is 0 Å². The summed E-state index contributed by atoms with van der Waals surface area (Å²) < 4.78 is 11.4. The van der Waals surface area contributed by atoms with E-state index in [1.807, 2.05) is 34.6 Å². The van der Waals surface area contributed by atoms with Crippen molar-refractivity contribution in [3.8, 4) is 0 Å². The molecule has 0 aromatic rings. The zero-order valence-corrected chi connectivity index (χ0v) is 15.3. The topological polar surface area (TPSA) is 88.1 Å². The maximum Gasteiger partial charge on any atom is 0.412 e. The smallest absolute Gasteiger partial charge is 0.412 e. The summed E-state index contributed by atoms with van der Waals surface area (Å²) in [4.78, 5) is 25.7. The average Bonchev–Trinajstić information content (AvgIpc) is 2.60. The number of carbonyl (C=O) groups is 2. The number of amides is 1. The van der Waals surface area contributed by atoms with Gasteiger partial charge in [-0.2, -0.15) is 0 Å². The van der Waals surface area contributed by atoms with Gasteiger partial charge in [-0.3, -0.25) is 15.0 Å². The van der Waals surface area contributed by atoms with Crippen LogP contribution in [0.4, 0.5) is 4.79 Å². The van der Waals surface area contributed by atoms with Crippen molar-refractivity contribution in [2.75, 3.05) is 6.61 Å². The third-order valence-electron chi connectivity index (χ3n) is 4.55. The van der Waals surface area contributed by atoms with E-state index in [0.29, 0.717) is 13.0 Å². The molecule has 7 heteroatoms. The molecule has 2 heterocycles. The van der Waals surface area contributed by atoms with E-state index >= 15 is 0 Å². The molecule has 3 atom stereocenters. The van der Waals surface area contributed by atoms with Crippen molar-refractivity contribution in [3.63, 3.8) is 0 Å².